The summed E-state index contributed by atoms with van der Waals surface area (Å²) in [4.78, 5) is 16.7. The van der Waals surface area contributed by atoms with E-state index >= 15 is 0 Å². The molecule has 0 atom stereocenters. The Labute approximate surface area is 110 Å². The van der Waals surface area contributed by atoms with Crippen LogP contribution in [0.15, 0.2) is 43.0 Å². The van der Waals surface area contributed by atoms with Crippen molar-refractivity contribution in [1.82, 2.24) is 24.5 Å². The lowest BCUT2D eigenvalue weighted by Crippen LogP contribution is -2.06. The molecule has 6 heteroatoms. The van der Waals surface area contributed by atoms with Crippen molar-refractivity contribution in [2.24, 2.45) is 0 Å². The highest BCUT2D eigenvalue weighted by Crippen LogP contribution is 2.17. The molecule has 2 heterocycles. The van der Waals surface area contributed by atoms with E-state index in [2.05, 4.69) is 19.9 Å². The molecule has 0 bridgehead atoms. The number of nitrogen functional groups attached to an aromatic ring is 1. The Morgan fingerprint density at radius 2 is 2.05 bits per heavy atom. The summed E-state index contributed by atoms with van der Waals surface area (Å²) in [6.45, 7) is 2.02. The van der Waals surface area contributed by atoms with Crippen molar-refractivity contribution in [3.63, 3.8) is 0 Å². The predicted molar refractivity (Wildman–Crippen MR) is 71.5 cm³/mol. The Hall–Kier alpha value is -2.76. The van der Waals surface area contributed by atoms with E-state index in [4.69, 9.17) is 5.73 Å². The number of benzene rings is 1. The van der Waals surface area contributed by atoms with Crippen LogP contribution in [0.5, 0.6) is 0 Å². The summed E-state index contributed by atoms with van der Waals surface area (Å²) in [6, 6.07) is 7.93. The van der Waals surface area contributed by atoms with E-state index in [-0.39, 0.29) is 5.95 Å². The van der Waals surface area contributed by atoms with E-state index in [1.165, 1.54) is 0 Å². The fourth-order valence-electron chi connectivity index (χ4n) is 1.79. The largest absolute Gasteiger partial charge is 0.368 e. The third kappa shape index (κ3) is 2.28. The number of imidazole rings is 1. The maximum Gasteiger partial charge on any atom is 0.240 e. The topological polar surface area (TPSA) is 82.5 Å². The van der Waals surface area contributed by atoms with Gasteiger partial charge in [0.25, 0.3) is 0 Å². The third-order valence-electron chi connectivity index (χ3n) is 2.65. The zero-order valence-electron chi connectivity index (χ0n) is 10.4. The second kappa shape index (κ2) is 4.49. The van der Waals surface area contributed by atoms with Gasteiger partial charge in [-0.1, -0.05) is 23.8 Å². The number of aryl methyl sites for hydroxylation is 1. The van der Waals surface area contributed by atoms with E-state index in [1.54, 1.807) is 23.3 Å². The van der Waals surface area contributed by atoms with Crippen LogP contribution in [0.1, 0.15) is 5.56 Å². The molecule has 1 aromatic carbocycles. The second-order valence-electron chi connectivity index (χ2n) is 4.16. The molecular formula is C13H12N6. The third-order valence-corrected chi connectivity index (χ3v) is 2.65. The average Bonchev–Trinajstić information content (AvgIpc) is 2.92. The van der Waals surface area contributed by atoms with Crippen molar-refractivity contribution in [3.8, 4) is 17.3 Å². The van der Waals surface area contributed by atoms with Gasteiger partial charge in [0.2, 0.25) is 11.9 Å². The second-order valence-corrected chi connectivity index (χ2v) is 4.16. The highest BCUT2D eigenvalue weighted by molar-refractivity contribution is 5.57. The number of nitrogens with two attached hydrogens (primary N) is 1. The molecule has 94 valence electrons. The zero-order valence-corrected chi connectivity index (χ0v) is 10.4. The minimum absolute atomic E-state index is 0.190. The smallest absolute Gasteiger partial charge is 0.240 e. The van der Waals surface area contributed by atoms with Crippen molar-refractivity contribution in [2.75, 3.05) is 5.73 Å². The summed E-state index contributed by atoms with van der Waals surface area (Å²) < 4.78 is 1.69. The number of rotatable bonds is 2. The molecule has 0 radical (unpaired) electrons. The normalized spacial score (nSPS) is 10.6. The molecule has 0 saturated heterocycles. The first-order chi connectivity index (χ1) is 9.22. The van der Waals surface area contributed by atoms with Crippen LogP contribution >= 0.6 is 0 Å². The summed E-state index contributed by atoms with van der Waals surface area (Å²) in [7, 11) is 0. The number of anilines is 1. The molecule has 0 aliphatic carbocycles. The lowest BCUT2D eigenvalue weighted by atomic mass is 10.1. The molecule has 0 unspecified atom stereocenters. The number of hydrogen-bond donors (Lipinski definition) is 1. The van der Waals surface area contributed by atoms with Crippen LogP contribution in [0.4, 0.5) is 5.95 Å². The summed E-state index contributed by atoms with van der Waals surface area (Å²) in [5.41, 5.74) is 7.80. The van der Waals surface area contributed by atoms with Gasteiger partial charge in [-0.25, -0.2) is 4.98 Å². The first-order valence-electron chi connectivity index (χ1n) is 5.79. The van der Waals surface area contributed by atoms with Gasteiger partial charge in [0.05, 0.1) is 0 Å². The molecule has 2 N–H and O–H groups in total. The Balaban J connectivity index is 2.12. The van der Waals surface area contributed by atoms with Gasteiger partial charge in [-0.3, -0.25) is 4.57 Å². The molecule has 0 spiro atoms. The summed E-state index contributed by atoms with van der Waals surface area (Å²) in [5, 5.41) is 0. The van der Waals surface area contributed by atoms with E-state index in [0.717, 1.165) is 11.1 Å². The lowest BCUT2D eigenvalue weighted by Gasteiger charge is -2.05. The van der Waals surface area contributed by atoms with Crippen molar-refractivity contribution >= 4 is 5.95 Å². The van der Waals surface area contributed by atoms with Gasteiger partial charge in [-0.2, -0.15) is 15.0 Å². The number of aromatic nitrogens is 5. The van der Waals surface area contributed by atoms with Gasteiger partial charge in [0.15, 0.2) is 5.82 Å². The van der Waals surface area contributed by atoms with E-state index < -0.39 is 0 Å². The zero-order chi connectivity index (χ0) is 13.2. The lowest BCUT2D eigenvalue weighted by molar-refractivity contribution is 0.906. The van der Waals surface area contributed by atoms with E-state index in [1.807, 2.05) is 31.2 Å². The molecule has 2 aromatic heterocycles. The van der Waals surface area contributed by atoms with Crippen molar-refractivity contribution in [3.05, 3.63) is 48.5 Å². The van der Waals surface area contributed by atoms with E-state index in [0.29, 0.717) is 11.8 Å². The summed E-state index contributed by atoms with van der Waals surface area (Å²) in [6.07, 6.45) is 5.04. The SMILES string of the molecule is Cc1cccc(-c2nc(N)nc(-n3ccnc3)n2)c1. The maximum absolute atomic E-state index is 5.74. The molecule has 0 aliphatic rings. The van der Waals surface area contributed by atoms with Crippen LogP contribution in [-0.4, -0.2) is 24.5 Å². The van der Waals surface area contributed by atoms with E-state index in [9.17, 15) is 0 Å². The monoisotopic (exact) mass is 252 g/mol. The average molecular weight is 252 g/mol. The van der Waals surface area contributed by atoms with Crippen molar-refractivity contribution in [2.45, 2.75) is 6.92 Å². The maximum atomic E-state index is 5.74. The van der Waals surface area contributed by atoms with Crippen molar-refractivity contribution in [1.29, 1.82) is 0 Å². The first-order valence-corrected chi connectivity index (χ1v) is 5.79. The minimum atomic E-state index is 0.190. The van der Waals surface area contributed by atoms with Gasteiger partial charge in [0.1, 0.15) is 6.33 Å². The summed E-state index contributed by atoms with van der Waals surface area (Å²) >= 11 is 0. The highest BCUT2D eigenvalue weighted by atomic mass is 15.2. The standard InChI is InChI=1S/C13H12N6/c1-9-3-2-4-10(7-9)11-16-12(14)18-13(17-11)19-6-5-15-8-19/h2-8H,1H3,(H2,14,16,17,18). The minimum Gasteiger partial charge on any atom is -0.368 e. The number of nitrogens with zero attached hydrogens (tertiary/aromatic N) is 5. The Morgan fingerprint density at radius 1 is 1.16 bits per heavy atom. The predicted octanol–water partition coefficient (Wildman–Crippen LogP) is 1.61. The Bertz CT molecular complexity index is 705. The molecule has 6 nitrogen and oxygen atoms in total. The van der Waals surface area contributed by atoms with Crippen LogP contribution in [0.3, 0.4) is 0 Å². The fraction of sp³-hybridized carbons (Fsp3) is 0.0769. The molecule has 0 fully saturated rings. The van der Waals surface area contributed by atoms with Gasteiger partial charge in [-0.05, 0) is 13.0 Å². The highest BCUT2D eigenvalue weighted by Gasteiger charge is 2.08. The summed E-state index contributed by atoms with van der Waals surface area (Å²) in [5.74, 6) is 1.21. The molecular weight excluding hydrogens is 240 g/mol. The van der Waals surface area contributed by atoms with Gasteiger partial charge in [-0.15, -0.1) is 0 Å². The van der Waals surface area contributed by atoms with Crippen LogP contribution in [0.25, 0.3) is 17.3 Å². The quantitative estimate of drug-likeness (QED) is 0.749. The van der Waals surface area contributed by atoms with Gasteiger partial charge >= 0.3 is 0 Å². The molecule has 0 aliphatic heterocycles. The Morgan fingerprint density at radius 3 is 2.79 bits per heavy atom. The molecule has 0 saturated carbocycles. The van der Waals surface area contributed by atoms with Gasteiger partial charge in [0, 0.05) is 18.0 Å². The van der Waals surface area contributed by atoms with Crippen molar-refractivity contribution < 1.29 is 0 Å². The molecule has 3 rings (SSSR count). The first kappa shape index (κ1) is 11.3. The Kier molecular flexibility index (Phi) is 2.68. The van der Waals surface area contributed by atoms with Crippen LogP contribution in [0.2, 0.25) is 0 Å². The van der Waals surface area contributed by atoms with Gasteiger partial charge < -0.3 is 5.73 Å². The van der Waals surface area contributed by atoms with Crippen LogP contribution in [-0.2, 0) is 0 Å². The molecule has 19 heavy (non-hydrogen) atoms. The number of hydrogen-bond acceptors (Lipinski definition) is 5. The fourth-order valence-corrected chi connectivity index (χ4v) is 1.79. The molecule has 0 amide bonds. The molecule has 3 aromatic rings. The van der Waals surface area contributed by atoms with Crippen LogP contribution < -0.4 is 5.73 Å². The van der Waals surface area contributed by atoms with Crippen LogP contribution in [0, 0.1) is 6.92 Å².